The largest absolute Gasteiger partial charge is 0.443 e. The van der Waals surface area contributed by atoms with Crippen LogP contribution in [0.1, 0.15) is 13.8 Å². The Morgan fingerprint density at radius 1 is 1.82 bits per heavy atom. The number of hydrogen-bond acceptors (Lipinski definition) is 3. The lowest BCUT2D eigenvalue weighted by atomic mass is 10.3. The maximum absolute atomic E-state index is 11.0. The highest BCUT2D eigenvalue weighted by atomic mass is 16.6. The molecule has 1 heterocycles. The second-order valence-corrected chi connectivity index (χ2v) is 2.99. The van der Waals surface area contributed by atoms with Gasteiger partial charge in [-0.2, -0.15) is 0 Å². The van der Waals surface area contributed by atoms with Crippen molar-refractivity contribution in [2.24, 2.45) is 5.73 Å². The van der Waals surface area contributed by atoms with Gasteiger partial charge in [-0.25, -0.2) is 4.79 Å². The Balaban J connectivity index is 2.52. The van der Waals surface area contributed by atoms with Crippen molar-refractivity contribution in [3.05, 3.63) is 0 Å². The number of nitrogens with zero attached hydrogens (tertiary/aromatic N) is 1. The number of hydrogen-bond donors (Lipinski definition) is 1. The average Bonchev–Trinajstić information content (AvgIpc) is 2.30. The van der Waals surface area contributed by atoms with E-state index in [1.54, 1.807) is 4.90 Å². The number of ether oxygens (including phenoxy) is 1. The summed E-state index contributed by atoms with van der Waals surface area (Å²) in [6.45, 7) is 4.96. The third kappa shape index (κ3) is 1.63. The van der Waals surface area contributed by atoms with Gasteiger partial charge in [0.15, 0.2) is 0 Å². The van der Waals surface area contributed by atoms with Crippen LogP contribution in [0, 0.1) is 0 Å². The molecule has 64 valence electrons. The molecule has 1 amide bonds. The monoisotopic (exact) mass is 158 g/mol. The van der Waals surface area contributed by atoms with Gasteiger partial charge in [-0.1, -0.05) is 0 Å². The highest BCUT2D eigenvalue weighted by Gasteiger charge is 2.31. The molecule has 0 aromatic heterocycles. The molecule has 1 aliphatic heterocycles. The number of carbonyl (C=O) groups is 1. The third-order valence-electron chi connectivity index (χ3n) is 1.79. The zero-order valence-corrected chi connectivity index (χ0v) is 6.91. The normalized spacial score (nSPS) is 24.5. The fourth-order valence-corrected chi connectivity index (χ4v) is 1.09. The van der Waals surface area contributed by atoms with Gasteiger partial charge in [-0.3, -0.25) is 0 Å². The molecule has 1 saturated heterocycles. The molecule has 1 aliphatic rings. The molecular weight excluding hydrogens is 144 g/mol. The van der Waals surface area contributed by atoms with E-state index >= 15 is 0 Å². The summed E-state index contributed by atoms with van der Waals surface area (Å²) < 4.78 is 4.95. The van der Waals surface area contributed by atoms with Gasteiger partial charge < -0.3 is 15.4 Å². The molecule has 1 unspecified atom stereocenters. The number of carbonyl (C=O) groups excluding carboxylic acids is 1. The van der Waals surface area contributed by atoms with E-state index in [0.717, 1.165) is 0 Å². The number of cyclic esters (lactones) is 1. The van der Waals surface area contributed by atoms with Gasteiger partial charge in [0.05, 0.1) is 6.54 Å². The Morgan fingerprint density at radius 3 is 2.73 bits per heavy atom. The van der Waals surface area contributed by atoms with E-state index in [1.165, 1.54) is 0 Å². The standard InChI is InChI=1S/C7H14N2O2/c1-5(2)9-4-6(3-8)11-7(9)10/h5-6H,3-4,8H2,1-2H3. The highest BCUT2D eigenvalue weighted by Crippen LogP contribution is 2.12. The summed E-state index contributed by atoms with van der Waals surface area (Å²) in [5.41, 5.74) is 5.35. The molecule has 1 rings (SSSR count). The molecule has 1 fully saturated rings. The van der Waals surface area contributed by atoms with E-state index in [2.05, 4.69) is 0 Å². The second kappa shape index (κ2) is 3.09. The first kappa shape index (κ1) is 8.33. The van der Waals surface area contributed by atoms with Crippen LogP contribution in [0.25, 0.3) is 0 Å². The Labute approximate surface area is 66.3 Å². The van der Waals surface area contributed by atoms with E-state index in [0.29, 0.717) is 13.1 Å². The SMILES string of the molecule is CC(C)N1CC(CN)OC1=O. The van der Waals surface area contributed by atoms with Crippen LogP contribution in [0.2, 0.25) is 0 Å². The summed E-state index contributed by atoms with van der Waals surface area (Å²) in [5, 5.41) is 0. The minimum atomic E-state index is -0.240. The van der Waals surface area contributed by atoms with Crippen LogP contribution >= 0.6 is 0 Å². The first-order chi connectivity index (χ1) is 5.15. The quantitative estimate of drug-likeness (QED) is 0.623. The predicted octanol–water partition coefficient (Wildman–Crippen LogP) is 0.174. The Hall–Kier alpha value is -0.770. The first-order valence-corrected chi connectivity index (χ1v) is 3.82. The van der Waals surface area contributed by atoms with Gasteiger partial charge in [-0.05, 0) is 13.8 Å². The molecule has 0 spiro atoms. The van der Waals surface area contributed by atoms with Gasteiger partial charge in [0, 0.05) is 12.6 Å². The van der Waals surface area contributed by atoms with Crippen LogP contribution in [0.3, 0.4) is 0 Å². The lowest BCUT2D eigenvalue weighted by Crippen LogP contribution is -2.33. The molecule has 0 saturated carbocycles. The fraction of sp³-hybridized carbons (Fsp3) is 0.857. The summed E-state index contributed by atoms with van der Waals surface area (Å²) in [5.74, 6) is 0. The van der Waals surface area contributed by atoms with Crippen molar-refractivity contribution in [3.63, 3.8) is 0 Å². The summed E-state index contributed by atoms with van der Waals surface area (Å²) >= 11 is 0. The van der Waals surface area contributed by atoms with E-state index in [-0.39, 0.29) is 18.2 Å². The van der Waals surface area contributed by atoms with Crippen LogP contribution < -0.4 is 5.73 Å². The van der Waals surface area contributed by atoms with Gasteiger partial charge in [-0.15, -0.1) is 0 Å². The molecule has 0 aliphatic carbocycles. The van der Waals surface area contributed by atoms with E-state index in [4.69, 9.17) is 10.5 Å². The molecule has 0 bridgehead atoms. The molecule has 11 heavy (non-hydrogen) atoms. The van der Waals surface area contributed by atoms with E-state index in [9.17, 15) is 4.79 Å². The first-order valence-electron chi connectivity index (χ1n) is 3.82. The average molecular weight is 158 g/mol. The van der Waals surface area contributed by atoms with Gasteiger partial charge in [0.25, 0.3) is 0 Å². The highest BCUT2D eigenvalue weighted by molar-refractivity contribution is 5.70. The number of rotatable bonds is 2. The van der Waals surface area contributed by atoms with Crippen molar-refractivity contribution in [3.8, 4) is 0 Å². The zero-order valence-electron chi connectivity index (χ0n) is 6.91. The Kier molecular flexibility index (Phi) is 2.34. The number of amides is 1. The molecule has 4 heteroatoms. The van der Waals surface area contributed by atoms with Crippen molar-refractivity contribution in [1.82, 2.24) is 4.90 Å². The van der Waals surface area contributed by atoms with E-state index in [1.807, 2.05) is 13.8 Å². The molecule has 0 aromatic rings. The fourth-order valence-electron chi connectivity index (χ4n) is 1.09. The minimum Gasteiger partial charge on any atom is -0.443 e. The van der Waals surface area contributed by atoms with Crippen LogP contribution in [-0.4, -0.2) is 36.2 Å². The minimum absolute atomic E-state index is 0.107. The Bertz CT molecular complexity index is 159. The van der Waals surface area contributed by atoms with Crippen LogP contribution in [-0.2, 0) is 4.74 Å². The summed E-state index contributed by atoms with van der Waals surface area (Å²) in [4.78, 5) is 12.7. The van der Waals surface area contributed by atoms with E-state index < -0.39 is 0 Å². The molecule has 4 nitrogen and oxygen atoms in total. The lowest BCUT2D eigenvalue weighted by Gasteiger charge is -2.16. The summed E-state index contributed by atoms with van der Waals surface area (Å²) in [6.07, 6.45) is -0.347. The van der Waals surface area contributed by atoms with Gasteiger partial charge in [0.1, 0.15) is 6.10 Å². The molecule has 2 N–H and O–H groups in total. The smallest absolute Gasteiger partial charge is 0.410 e. The van der Waals surface area contributed by atoms with Crippen LogP contribution in [0.4, 0.5) is 4.79 Å². The predicted molar refractivity (Wildman–Crippen MR) is 41.2 cm³/mol. The maximum Gasteiger partial charge on any atom is 0.410 e. The summed E-state index contributed by atoms with van der Waals surface area (Å²) in [6, 6.07) is 0.207. The molecule has 0 radical (unpaired) electrons. The van der Waals surface area contributed by atoms with Crippen molar-refractivity contribution in [1.29, 1.82) is 0 Å². The lowest BCUT2D eigenvalue weighted by molar-refractivity contribution is 0.132. The second-order valence-electron chi connectivity index (χ2n) is 2.99. The van der Waals surface area contributed by atoms with Crippen molar-refractivity contribution < 1.29 is 9.53 Å². The van der Waals surface area contributed by atoms with Gasteiger partial charge >= 0.3 is 6.09 Å². The van der Waals surface area contributed by atoms with Gasteiger partial charge in [0.2, 0.25) is 0 Å². The molecule has 1 atom stereocenters. The molecule has 0 aromatic carbocycles. The molecular formula is C7H14N2O2. The Morgan fingerprint density at radius 2 is 2.45 bits per heavy atom. The topological polar surface area (TPSA) is 55.6 Å². The maximum atomic E-state index is 11.0. The van der Waals surface area contributed by atoms with Crippen LogP contribution in [0.5, 0.6) is 0 Å². The zero-order chi connectivity index (χ0) is 8.43. The third-order valence-corrected chi connectivity index (χ3v) is 1.79. The van der Waals surface area contributed by atoms with Crippen LogP contribution in [0.15, 0.2) is 0 Å². The van der Waals surface area contributed by atoms with Crippen molar-refractivity contribution in [2.75, 3.05) is 13.1 Å². The number of nitrogens with two attached hydrogens (primary N) is 1. The van der Waals surface area contributed by atoms with Crippen molar-refractivity contribution >= 4 is 6.09 Å². The summed E-state index contributed by atoms with van der Waals surface area (Å²) in [7, 11) is 0. The van der Waals surface area contributed by atoms with Crippen molar-refractivity contribution in [2.45, 2.75) is 26.0 Å².